The summed E-state index contributed by atoms with van der Waals surface area (Å²) in [6, 6.07) is 18.5. The third-order valence-electron chi connectivity index (χ3n) is 4.25. The Labute approximate surface area is 164 Å². The number of rotatable bonds is 6. The molecule has 0 saturated heterocycles. The Balaban J connectivity index is 1.64. The third-order valence-corrected chi connectivity index (χ3v) is 6.19. The number of nitrogens with zero attached hydrogens (tertiary/aromatic N) is 2. The second-order valence-corrected chi connectivity index (χ2v) is 8.00. The SMILES string of the molecule is O=c1c2sccc2nc(SCc2cccc(F)c2)n1CCc1ccccc1. The van der Waals surface area contributed by atoms with Crippen LogP contribution < -0.4 is 5.56 Å². The number of fused-ring (bicyclic) bond motifs is 1. The van der Waals surface area contributed by atoms with E-state index in [-0.39, 0.29) is 11.4 Å². The van der Waals surface area contributed by atoms with Gasteiger partial charge in [-0.05, 0) is 41.1 Å². The molecule has 2 aromatic carbocycles. The lowest BCUT2D eigenvalue weighted by Gasteiger charge is -2.12. The predicted molar refractivity (Wildman–Crippen MR) is 110 cm³/mol. The molecule has 0 saturated carbocycles. The van der Waals surface area contributed by atoms with Gasteiger partial charge in [-0.15, -0.1) is 11.3 Å². The second kappa shape index (κ2) is 8.06. The average molecular weight is 397 g/mol. The molecule has 0 aliphatic carbocycles. The fraction of sp³-hybridized carbons (Fsp3) is 0.143. The Hall–Kier alpha value is -2.44. The molecule has 0 radical (unpaired) electrons. The highest BCUT2D eigenvalue weighted by Crippen LogP contribution is 2.24. The van der Waals surface area contributed by atoms with Gasteiger partial charge in [-0.3, -0.25) is 9.36 Å². The van der Waals surface area contributed by atoms with E-state index < -0.39 is 0 Å². The van der Waals surface area contributed by atoms with Crippen molar-refractivity contribution in [2.75, 3.05) is 0 Å². The summed E-state index contributed by atoms with van der Waals surface area (Å²) in [7, 11) is 0. The molecule has 0 unspecified atom stereocenters. The molecular formula is C21H17FN2OS2. The molecule has 2 heterocycles. The minimum absolute atomic E-state index is 0.00678. The van der Waals surface area contributed by atoms with E-state index in [9.17, 15) is 9.18 Å². The molecule has 0 spiro atoms. The highest BCUT2D eigenvalue weighted by Gasteiger charge is 2.13. The number of benzene rings is 2. The molecule has 3 nitrogen and oxygen atoms in total. The van der Waals surface area contributed by atoms with Crippen molar-refractivity contribution >= 4 is 33.3 Å². The number of aryl methyl sites for hydroxylation is 1. The Bertz CT molecular complexity index is 1120. The second-order valence-electron chi connectivity index (χ2n) is 6.14. The van der Waals surface area contributed by atoms with Crippen molar-refractivity contribution in [2.45, 2.75) is 23.9 Å². The van der Waals surface area contributed by atoms with Crippen molar-refractivity contribution in [2.24, 2.45) is 0 Å². The van der Waals surface area contributed by atoms with Crippen LogP contribution in [0.4, 0.5) is 4.39 Å². The number of thiophene rings is 1. The van der Waals surface area contributed by atoms with E-state index in [1.54, 1.807) is 10.6 Å². The predicted octanol–water partition coefficient (Wildman–Crippen LogP) is 5.13. The van der Waals surface area contributed by atoms with E-state index >= 15 is 0 Å². The smallest absolute Gasteiger partial charge is 0.272 e. The molecule has 27 heavy (non-hydrogen) atoms. The van der Waals surface area contributed by atoms with Gasteiger partial charge < -0.3 is 0 Å². The summed E-state index contributed by atoms with van der Waals surface area (Å²) in [5.41, 5.74) is 2.77. The van der Waals surface area contributed by atoms with Crippen molar-refractivity contribution in [1.29, 1.82) is 0 Å². The standard InChI is InChI=1S/C21H17FN2OS2/c22-17-8-4-7-16(13-17)14-27-21-23-18-10-12-26-19(18)20(25)24(21)11-9-15-5-2-1-3-6-15/h1-8,10,12-13H,9,11,14H2. The fourth-order valence-corrected chi connectivity index (χ4v) is 4.64. The minimum Gasteiger partial charge on any atom is -0.286 e. The van der Waals surface area contributed by atoms with Crippen LogP contribution in [0.15, 0.2) is 76.0 Å². The molecule has 136 valence electrons. The van der Waals surface area contributed by atoms with Crippen LogP contribution in [0, 0.1) is 5.82 Å². The van der Waals surface area contributed by atoms with Gasteiger partial charge in [0.2, 0.25) is 0 Å². The summed E-state index contributed by atoms with van der Waals surface area (Å²) < 4.78 is 15.9. The largest absolute Gasteiger partial charge is 0.286 e. The Morgan fingerprint density at radius 3 is 2.67 bits per heavy atom. The lowest BCUT2D eigenvalue weighted by molar-refractivity contribution is 0.596. The van der Waals surface area contributed by atoms with Gasteiger partial charge in [-0.25, -0.2) is 9.37 Å². The summed E-state index contributed by atoms with van der Waals surface area (Å²) in [5.74, 6) is 0.307. The van der Waals surface area contributed by atoms with Crippen molar-refractivity contribution in [3.05, 3.63) is 93.3 Å². The van der Waals surface area contributed by atoms with Gasteiger partial charge in [-0.2, -0.15) is 0 Å². The van der Waals surface area contributed by atoms with E-state index in [1.807, 2.05) is 35.7 Å². The summed E-state index contributed by atoms with van der Waals surface area (Å²) in [5, 5.41) is 2.56. The highest BCUT2D eigenvalue weighted by molar-refractivity contribution is 7.98. The normalized spacial score (nSPS) is 11.1. The van der Waals surface area contributed by atoms with Crippen molar-refractivity contribution in [3.63, 3.8) is 0 Å². The monoisotopic (exact) mass is 396 g/mol. The first-order valence-corrected chi connectivity index (χ1v) is 10.5. The third kappa shape index (κ3) is 4.12. The van der Waals surface area contributed by atoms with E-state index in [4.69, 9.17) is 0 Å². The zero-order valence-electron chi connectivity index (χ0n) is 14.5. The van der Waals surface area contributed by atoms with E-state index in [0.717, 1.165) is 17.5 Å². The van der Waals surface area contributed by atoms with Crippen LogP contribution in [0.5, 0.6) is 0 Å². The first kappa shape index (κ1) is 17.9. The van der Waals surface area contributed by atoms with Gasteiger partial charge in [-0.1, -0.05) is 54.2 Å². The zero-order chi connectivity index (χ0) is 18.6. The Morgan fingerprint density at radius 1 is 1.04 bits per heavy atom. The van der Waals surface area contributed by atoms with Gasteiger partial charge in [0.15, 0.2) is 5.16 Å². The van der Waals surface area contributed by atoms with Crippen LogP contribution in [-0.2, 0) is 18.7 Å². The average Bonchev–Trinajstić information content (AvgIpc) is 3.15. The molecule has 2 aromatic heterocycles. The van der Waals surface area contributed by atoms with E-state index in [0.29, 0.717) is 22.2 Å². The van der Waals surface area contributed by atoms with Gasteiger partial charge in [0.05, 0.1) is 5.52 Å². The maximum Gasteiger partial charge on any atom is 0.272 e. The lowest BCUT2D eigenvalue weighted by atomic mass is 10.1. The van der Waals surface area contributed by atoms with Gasteiger partial charge in [0, 0.05) is 12.3 Å². The maximum absolute atomic E-state index is 13.4. The van der Waals surface area contributed by atoms with E-state index in [2.05, 4.69) is 17.1 Å². The zero-order valence-corrected chi connectivity index (χ0v) is 16.1. The summed E-state index contributed by atoms with van der Waals surface area (Å²) in [4.78, 5) is 17.6. The molecule has 0 aliphatic heterocycles. The van der Waals surface area contributed by atoms with Crippen LogP contribution in [0.2, 0.25) is 0 Å². The first-order valence-electron chi connectivity index (χ1n) is 8.60. The van der Waals surface area contributed by atoms with Crippen LogP contribution in [-0.4, -0.2) is 9.55 Å². The fourth-order valence-electron chi connectivity index (χ4n) is 2.89. The maximum atomic E-state index is 13.4. The number of hydrogen-bond acceptors (Lipinski definition) is 4. The van der Waals surface area contributed by atoms with Crippen LogP contribution in [0.1, 0.15) is 11.1 Å². The number of halogens is 1. The molecule has 0 aliphatic rings. The van der Waals surface area contributed by atoms with E-state index in [1.165, 1.54) is 40.8 Å². The number of aromatic nitrogens is 2. The molecule has 0 atom stereocenters. The lowest BCUT2D eigenvalue weighted by Crippen LogP contribution is -2.23. The molecule has 4 aromatic rings. The molecule has 4 rings (SSSR count). The van der Waals surface area contributed by atoms with Crippen LogP contribution in [0.25, 0.3) is 10.2 Å². The van der Waals surface area contributed by atoms with Crippen molar-refractivity contribution in [3.8, 4) is 0 Å². The minimum atomic E-state index is -0.254. The quantitative estimate of drug-likeness (QED) is 0.335. The topological polar surface area (TPSA) is 34.9 Å². The molecule has 6 heteroatoms. The molecule has 0 amide bonds. The number of hydrogen-bond donors (Lipinski definition) is 0. The Morgan fingerprint density at radius 2 is 1.85 bits per heavy atom. The van der Waals surface area contributed by atoms with Crippen molar-refractivity contribution in [1.82, 2.24) is 9.55 Å². The molecule has 0 N–H and O–H groups in total. The van der Waals surface area contributed by atoms with Crippen molar-refractivity contribution < 1.29 is 4.39 Å². The summed E-state index contributed by atoms with van der Waals surface area (Å²) in [6.07, 6.45) is 0.757. The van der Waals surface area contributed by atoms with Gasteiger partial charge >= 0.3 is 0 Å². The molecular weight excluding hydrogens is 379 g/mol. The number of thioether (sulfide) groups is 1. The Kier molecular flexibility index (Phi) is 5.36. The summed E-state index contributed by atoms with van der Waals surface area (Å²) >= 11 is 2.89. The first-order chi connectivity index (χ1) is 13.2. The van der Waals surface area contributed by atoms with Crippen LogP contribution in [0.3, 0.4) is 0 Å². The highest BCUT2D eigenvalue weighted by atomic mass is 32.2. The van der Waals surface area contributed by atoms with Gasteiger partial charge in [0.25, 0.3) is 5.56 Å². The molecule has 0 fully saturated rings. The summed E-state index contributed by atoms with van der Waals surface area (Å²) in [6.45, 7) is 0.565. The van der Waals surface area contributed by atoms with Crippen LogP contribution >= 0.6 is 23.1 Å². The van der Waals surface area contributed by atoms with Gasteiger partial charge in [0.1, 0.15) is 10.5 Å². The molecule has 0 bridgehead atoms.